The SMILES string of the molecule is CC(Sc1nnc(CN2CCCC2)n1-c1ccccc1)C(=O)Nc1nc(-c2ccccc2)cs1. The molecule has 1 saturated heterocycles. The van der Waals surface area contributed by atoms with Gasteiger partial charge < -0.3 is 5.32 Å². The van der Waals surface area contributed by atoms with Crippen LogP contribution in [0.5, 0.6) is 0 Å². The monoisotopic (exact) mass is 490 g/mol. The number of likely N-dealkylation sites (tertiary alicyclic amines) is 1. The summed E-state index contributed by atoms with van der Waals surface area (Å²) >= 11 is 2.84. The standard InChI is InChI=1S/C25H26N6OS2/c1-18(23(32)27-24-26-21(17-33-24)19-10-4-2-5-11-19)34-25-29-28-22(16-30-14-8-9-15-30)31(25)20-12-6-3-7-13-20/h2-7,10-13,17-18H,8-9,14-16H2,1H3,(H,26,27,32). The molecule has 34 heavy (non-hydrogen) atoms. The highest BCUT2D eigenvalue weighted by atomic mass is 32.2. The Kier molecular flexibility index (Phi) is 7.03. The third kappa shape index (κ3) is 5.22. The Balaban J connectivity index is 1.31. The van der Waals surface area contributed by atoms with Gasteiger partial charge >= 0.3 is 0 Å². The third-order valence-corrected chi connectivity index (χ3v) is 7.53. The first-order valence-electron chi connectivity index (χ1n) is 11.4. The summed E-state index contributed by atoms with van der Waals surface area (Å²) in [5.41, 5.74) is 2.89. The molecule has 2 aromatic heterocycles. The maximum atomic E-state index is 13.0. The fraction of sp³-hybridized carbons (Fsp3) is 0.280. The van der Waals surface area contributed by atoms with Crippen LogP contribution >= 0.6 is 23.1 Å². The van der Waals surface area contributed by atoms with Crippen LogP contribution in [0.1, 0.15) is 25.6 Å². The summed E-state index contributed by atoms with van der Waals surface area (Å²) in [5, 5.41) is 14.8. The van der Waals surface area contributed by atoms with Crippen LogP contribution in [0.2, 0.25) is 0 Å². The summed E-state index contributed by atoms with van der Waals surface area (Å²) in [4.78, 5) is 19.9. The number of nitrogens with zero attached hydrogens (tertiary/aromatic N) is 5. The lowest BCUT2D eigenvalue weighted by atomic mass is 10.2. The first kappa shape index (κ1) is 22.8. The molecule has 0 aliphatic carbocycles. The summed E-state index contributed by atoms with van der Waals surface area (Å²) in [6.07, 6.45) is 2.45. The van der Waals surface area contributed by atoms with Crippen molar-refractivity contribution >= 4 is 34.1 Å². The smallest absolute Gasteiger partial charge is 0.239 e. The summed E-state index contributed by atoms with van der Waals surface area (Å²) in [6.45, 7) is 4.81. The Bertz CT molecular complexity index is 1230. The lowest BCUT2D eigenvalue weighted by Gasteiger charge is -2.16. The van der Waals surface area contributed by atoms with Crippen LogP contribution in [-0.2, 0) is 11.3 Å². The molecule has 1 aliphatic heterocycles. The first-order valence-corrected chi connectivity index (χ1v) is 13.1. The maximum absolute atomic E-state index is 13.0. The van der Waals surface area contributed by atoms with E-state index in [0.29, 0.717) is 10.3 Å². The zero-order chi connectivity index (χ0) is 23.3. The van der Waals surface area contributed by atoms with Gasteiger partial charge in [0.2, 0.25) is 5.91 Å². The highest BCUT2D eigenvalue weighted by Gasteiger charge is 2.23. The van der Waals surface area contributed by atoms with E-state index in [1.54, 1.807) is 0 Å². The molecule has 1 amide bonds. The number of thioether (sulfide) groups is 1. The van der Waals surface area contributed by atoms with Crippen molar-refractivity contribution in [2.75, 3.05) is 18.4 Å². The van der Waals surface area contributed by atoms with Crippen LogP contribution < -0.4 is 5.32 Å². The van der Waals surface area contributed by atoms with Gasteiger partial charge in [0.05, 0.1) is 17.5 Å². The lowest BCUT2D eigenvalue weighted by molar-refractivity contribution is -0.115. The molecule has 174 valence electrons. The molecule has 9 heteroatoms. The summed E-state index contributed by atoms with van der Waals surface area (Å²) in [6, 6.07) is 20.1. The molecule has 4 aromatic rings. The molecule has 1 fully saturated rings. The number of amides is 1. The van der Waals surface area contributed by atoms with Gasteiger partial charge in [-0.3, -0.25) is 14.3 Å². The van der Waals surface area contributed by atoms with Gasteiger partial charge in [0.25, 0.3) is 0 Å². The van der Waals surface area contributed by atoms with E-state index in [0.717, 1.165) is 42.4 Å². The number of nitrogens with one attached hydrogen (secondary N) is 1. The van der Waals surface area contributed by atoms with Gasteiger partial charge in [-0.15, -0.1) is 21.5 Å². The third-order valence-electron chi connectivity index (χ3n) is 5.73. The van der Waals surface area contributed by atoms with E-state index < -0.39 is 0 Å². The van der Waals surface area contributed by atoms with Crippen LogP contribution in [0.25, 0.3) is 16.9 Å². The number of para-hydroxylation sites is 1. The highest BCUT2D eigenvalue weighted by molar-refractivity contribution is 8.00. The van der Waals surface area contributed by atoms with E-state index in [9.17, 15) is 4.79 Å². The summed E-state index contributed by atoms with van der Waals surface area (Å²) in [7, 11) is 0. The predicted molar refractivity (Wildman–Crippen MR) is 137 cm³/mol. The lowest BCUT2D eigenvalue weighted by Crippen LogP contribution is -2.23. The second-order valence-corrected chi connectivity index (χ2v) is 10.4. The predicted octanol–water partition coefficient (Wildman–Crippen LogP) is 5.11. The zero-order valence-corrected chi connectivity index (χ0v) is 20.6. The number of rotatable bonds is 8. The second-order valence-electron chi connectivity index (χ2n) is 8.21. The van der Waals surface area contributed by atoms with E-state index in [2.05, 4.69) is 30.0 Å². The number of aromatic nitrogens is 4. The Morgan fingerprint density at radius 2 is 1.76 bits per heavy atom. The molecular formula is C25H26N6OS2. The minimum absolute atomic E-state index is 0.109. The molecule has 0 saturated carbocycles. The highest BCUT2D eigenvalue weighted by Crippen LogP contribution is 2.29. The largest absolute Gasteiger partial charge is 0.301 e. The van der Waals surface area contributed by atoms with Crippen molar-refractivity contribution < 1.29 is 4.79 Å². The molecule has 1 N–H and O–H groups in total. The molecule has 5 rings (SSSR count). The van der Waals surface area contributed by atoms with Gasteiger partial charge in [-0.1, -0.05) is 60.3 Å². The van der Waals surface area contributed by atoms with Crippen molar-refractivity contribution in [3.05, 3.63) is 71.9 Å². The van der Waals surface area contributed by atoms with Crippen molar-refractivity contribution in [1.29, 1.82) is 0 Å². The van der Waals surface area contributed by atoms with Gasteiger partial charge in [-0.25, -0.2) is 4.98 Å². The van der Waals surface area contributed by atoms with E-state index in [-0.39, 0.29) is 11.2 Å². The number of thiazole rings is 1. The van der Waals surface area contributed by atoms with Gasteiger partial charge in [0.1, 0.15) is 0 Å². The number of anilines is 1. The molecule has 0 radical (unpaired) electrons. The number of hydrogen-bond acceptors (Lipinski definition) is 7. The van der Waals surface area contributed by atoms with Crippen molar-refractivity contribution in [2.24, 2.45) is 0 Å². The van der Waals surface area contributed by atoms with Gasteiger partial charge in [0, 0.05) is 16.6 Å². The molecule has 2 aromatic carbocycles. The van der Waals surface area contributed by atoms with E-state index in [4.69, 9.17) is 0 Å². The zero-order valence-electron chi connectivity index (χ0n) is 18.9. The Hall–Kier alpha value is -3.01. The maximum Gasteiger partial charge on any atom is 0.239 e. The quantitative estimate of drug-likeness (QED) is 0.346. The molecular weight excluding hydrogens is 464 g/mol. The average molecular weight is 491 g/mol. The number of benzene rings is 2. The molecule has 0 bridgehead atoms. The number of carbonyl (C=O) groups is 1. The number of hydrogen-bond donors (Lipinski definition) is 1. The minimum Gasteiger partial charge on any atom is -0.301 e. The number of carbonyl (C=O) groups excluding carboxylic acids is 1. The second kappa shape index (κ2) is 10.5. The summed E-state index contributed by atoms with van der Waals surface area (Å²) < 4.78 is 2.07. The van der Waals surface area contributed by atoms with Crippen LogP contribution in [0.4, 0.5) is 5.13 Å². The normalized spacial score (nSPS) is 14.9. The van der Waals surface area contributed by atoms with E-state index >= 15 is 0 Å². The van der Waals surface area contributed by atoms with Crippen molar-refractivity contribution in [1.82, 2.24) is 24.6 Å². The molecule has 0 spiro atoms. The van der Waals surface area contributed by atoms with Crippen molar-refractivity contribution in [3.63, 3.8) is 0 Å². The van der Waals surface area contributed by atoms with E-state index in [1.807, 2.05) is 73.0 Å². The van der Waals surface area contributed by atoms with Gasteiger partial charge in [-0.2, -0.15) is 0 Å². The van der Waals surface area contributed by atoms with E-state index in [1.165, 1.54) is 35.9 Å². The van der Waals surface area contributed by atoms with Gasteiger partial charge in [0.15, 0.2) is 16.1 Å². The van der Waals surface area contributed by atoms with Crippen LogP contribution in [-0.4, -0.2) is 48.9 Å². The Morgan fingerprint density at radius 1 is 1.06 bits per heavy atom. The van der Waals surface area contributed by atoms with Crippen LogP contribution in [0.15, 0.2) is 71.2 Å². The van der Waals surface area contributed by atoms with Crippen molar-refractivity contribution in [3.8, 4) is 16.9 Å². The topological polar surface area (TPSA) is 75.9 Å². The Labute approximate surface area is 207 Å². The molecule has 7 nitrogen and oxygen atoms in total. The molecule has 1 aliphatic rings. The average Bonchev–Trinajstić information content (AvgIpc) is 3.63. The minimum atomic E-state index is -0.365. The van der Waals surface area contributed by atoms with Crippen molar-refractivity contribution in [2.45, 2.75) is 36.7 Å². The molecule has 1 atom stereocenters. The molecule has 1 unspecified atom stereocenters. The van der Waals surface area contributed by atoms with Crippen LogP contribution in [0.3, 0.4) is 0 Å². The summed E-state index contributed by atoms with van der Waals surface area (Å²) in [5.74, 6) is 0.790. The van der Waals surface area contributed by atoms with Crippen LogP contribution in [0, 0.1) is 0 Å². The van der Waals surface area contributed by atoms with Gasteiger partial charge in [-0.05, 0) is 45.0 Å². The fourth-order valence-corrected chi connectivity index (χ4v) is 5.56. The fourth-order valence-electron chi connectivity index (χ4n) is 3.95. The Morgan fingerprint density at radius 3 is 2.50 bits per heavy atom. The first-order chi connectivity index (χ1) is 16.7. The molecule has 3 heterocycles.